The van der Waals surface area contributed by atoms with Gasteiger partial charge in [-0.25, -0.2) is 19.9 Å². The highest BCUT2D eigenvalue weighted by Crippen LogP contribution is 2.41. The zero-order valence-corrected chi connectivity index (χ0v) is 41.9. The summed E-state index contributed by atoms with van der Waals surface area (Å²) in [7, 11) is 0. The summed E-state index contributed by atoms with van der Waals surface area (Å²) in [6.07, 6.45) is 48.2. The second kappa shape index (κ2) is 29.2. The van der Waals surface area contributed by atoms with Crippen LogP contribution in [-0.4, -0.2) is 19.9 Å². The lowest BCUT2D eigenvalue weighted by Crippen LogP contribution is -2.18. The molecular weight excluding hydrogens is 793 g/mol. The third kappa shape index (κ3) is 17.5. The number of aromatic nitrogens is 4. The second-order valence-electron chi connectivity index (χ2n) is 20.7. The Morgan fingerprint density at radius 2 is 0.708 bits per heavy atom. The van der Waals surface area contributed by atoms with Crippen LogP contribution in [-0.2, 0) is 38.5 Å². The fourth-order valence-electron chi connectivity index (χ4n) is 10.9. The van der Waals surface area contributed by atoms with Gasteiger partial charge in [-0.15, -0.1) is 0 Å². The van der Waals surface area contributed by atoms with E-state index in [1.807, 2.05) is 0 Å². The molecule has 6 rings (SSSR count). The van der Waals surface area contributed by atoms with E-state index in [-0.39, 0.29) is 0 Å². The topological polar surface area (TPSA) is 60.8 Å². The minimum Gasteiger partial charge on any atom is -0.457 e. The second-order valence-corrected chi connectivity index (χ2v) is 20.7. The summed E-state index contributed by atoms with van der Waals surface area (Å²) in [5.74, 6) is 6.54. The summed E-state index contributed by atoms with van der Waals surface area (Å²) in [4.78, 5) is 19.7. The summed E-state index contributed by atoms with van der Waals surface area (Å²) in [6.45, 7) is 9.18. The molecule has 2 fully saturated rings. The number of hydrogen-bond acceptors (Lipinski definition) is 5. The fourth-order valence-corrected chi connectivity index (χ4v) is 10.9. The summed E-state index contributed by atoms with van der Waals surface area (Å²) < 4.78 is 7.18. The number of nitrogens with zero attached hydrogens (tertiary/aromatic N) is 4. The molecule has 0 radical (unpaired) electrons. The molecule has 65 heavy (non-hydrogen) atoms. The van der Waals surface area contributed by atoms with E-state index in [9.17, 15) is 0 Å². The van der Waals surface area contributed by atoms with E-state index in [1.165, 1.54) is 200 Å². The quantitative estimate of drug-likeness (QED) is 0.0488. The fraction of sp³-hybridized carbons (Fsp3) is 0.667. The zero-order chi connectivity index (χ0) is 45.3. The van der Waals surface area contributed by atoms with Crippen molar-refractivity contribution in [3.05, 3.63) is 106 Å². The van der Waals surface area contributed by atoms with Crippen molar-refractivity contribution < 1.29 is 4.74 Å². The van der Waals surface area contributed by atoms with Crippen LogP contribution < -0.4 is 4.74 Å². The Morgan fingerprint density at radius 3 is 1.06 bits per heavy atom. The summed E-state index contributed by atoms with van der Waals surface area (Å²) in [6, 6.07) is 14.4. The average molecular weight is 883 g/mol. The largest absolute Gasteiger partial charge is 0.457 e. The van der Waals surface area contributed by atoms with Gasteiger partial charge in [-0.3, -0.25) is 0 Å². The van der Waals surface area contributed by atoms with E-state index in [4.69, 9.17) is 24.7 Å². The maximum atomic E-state index is 7.18. The Hall–Kier alpha value is -3.60. The Labute approximate surface area is 397 Å². The van der Waals surface area contributed by atoms with Crippen molar-refractivity contribution in [3.63, 3.8) is 0 Å². The molecule has 356 valence electrons. The maximum Gasteiger partial charge on any atom is 0.131 e. The van der Waals surface area contributed by atoms with Gasteiger partial charge in [0.1, 0.15) is 23.1 Å². The molecule has 0 saturated heterocycles. The highest BCUT2D eigenvalue weighted by molar-refractivity contribution is 5.45. The van der Waals surface area contributed by atoms with E-state index in [0.717, 1.165) is 61.7 Å². The number of unbranched alkanes of at least 4 members (excludes halogenated alkanes) is 14. The van der Waals surface area contributed by atoms with Crippen LogP contribution in [0.25, 0.3) is 0 Å². The van der Waals surface area contributed by atoms with Crippen molar-refractivity contribution in [3.8, 4) is 11.5 Å². The number of hydrogen-bond donors (Lipinski definition) is 0. The number of rotatable bonds is 30. The van der Waals surface area contributed by atoms with Crippen LogP contribution in [0.1, 0.15) is 252 Å². The first-order valence-corrected chi connectivity index (χ1v) is 27.6. The van der Waals surface area contributed by atoms with Gasteiger partial charge in [0, 0.05) is 36.6 Å². The molecule has 0 spiro atoms. The summed E-state index contributed by atoms with van der Waals surface area (Å²) >= 11 is 0. The van der Waals surface area contributed by atoms with Crippen molar-refractivity contribution in [2.24, 2.45) is 11.8 Å². The molecule has 0 amide bonds. The maximum absolute atomic E-state index is 7.18. The standard InChI is InChI=1S/C60H90N4O/c1-5-9-13-17-21-25-51-43-61-59(62-44-51)53-33-27-49(28-34-53)41-55-39-47(23-19-15-11-7-3)31-37-57(55)65-58-38-32-48(24-20-16-12-8-4)40-56(58)42-50-29-35-54(36-30-50)60-63-45-52(46-64-60)26-22-18-14-10-6-2/h31-32,37-40,43-46,49-50,53-54H,5-30,33-36,41-42H2,1-4H3/t49-,50-,53-,54-. The Kier molecular flexibility index (Phi) is 22.8. The molecule has 2 aromatic carbocycles. The van der Waals surface area contributed by atoms with Gasteiger partial charge in [-0.1, -0.05) is 142 Å². The SMILES string of the molecule is CCCCCCCc1cnc([C@H]2CC[C@H](Cc3cc(CCCCCC)ccc3Oc3ccc(CCCCCC)cc3C[C@H]3CC[C@H](c4ncc(CCCCCCC)cn4)CC3)CC2)nc1. The molecule has 2 saturated carbocycles. The Morgan fingerprint density at radius 1 is 0.385 bits per heavy atom. The van der Waals surface area contributed by atoms with Crippen molar-refractivity contribution in [1.29, 1.82) is 0 Å². The lowest BCUT2D eigenvalue weighted by atomic mass is 9.78. The normalized spacial score (nSPS) is 18.8. The molecular formula is C60H90N4O. The van der Waals surface area contributed by atoms with Gasteiger partial charge >= 0.3 is 0 Å². The van der Waals surface area contributed by atoms with Crippen molar-refractivity contribution in [1.82, 2.24) is 19.9 Å². The molecule has 0 atom stereocenters. The van der Waals surface area contributed by atoms with Crippen LogP contribution in [0, 0.1) is 11.8 Å². The number of aryl methyl sites for hydroxylation is 4. The predicted octanol–water partition coefficient (Wildman–Crippen LogP) is 17.4. The van der Waals surface area contributed by atoms with Gasteiger partial charge in [0.25, 0.3) is 0 Å². The van der Waals surface area contributed by atoms with Crippen LogP contribution in [0.5, 0.6) is 11.5 Å². The van der Waals surface area contributed by atoms with Gasteiger partial charge in [-0.05, 0) is 173 Å². The van der Waals surface area contributed by atoms with Crippen LogP contribution in [0.15, 0.2) is 61.2 Å². The highest BCUT2D eigenvalue weighted by Gasteiger charge is 2.27. The molecule has 5 nitrogen and oxygen atoms in total. The van der Waals surface area contributed by atoms with E-state index in [1.54, 1.807) is 0 Å². The highest BCUT2D eigenvalue weighted by atomic mass is 16.5. The molecule has 2 aromatic heterocycles. The van der Waals surface area contributed by atoms with Gasteiger partial charge in [0.15, 0.2) is 0 Å². The first-order valence-electron chi connectivity index (χ1n) is 27.6. The lowest BCUT2D eigenvalue weighted by molar-refractivity contribution is 0.312. The van der Waals surface area contributed by atoms with Gasteiger partial charge in [0.2, 0.25) is 0 Å². The van der Waals surface area contributed by atoms with E-state index < -0.39 is 0 Å². The average Bonchev–Trinajstić information content (AvgIpc) is 3.34. The van der Waals surface area contributed by atoms with E-state index >= 15 is 0 Å². The minimum absolute atomic E-state index is 0.478. The van der Waals surface area contributed by atoms with Crippen molar-refractivity contribution >= 4 is 0 Å². The lowest BCUT2D eigenvalue weighted by Gasteiger charge is -2.29. The Balaban J connectivity index is 1.10. The van der Waals surface area contributed by atoms with E-state index in [2.05, 4.69) is 88.9 Å². The molecule has 0 N–H and O–H groups in total. The van der Waals surface area contributed by atoms with Crippen LogP contribution in [0.3, 0.4) is 0 Å². The third-order valence-electron chi connectivity index (χ3n) is 15.1. The van der Waals surface area contributed by atoms with Gasteiger partial charge in [-0.2, -0.15) is 0 Å². The molecule has 4 aromatic rings. The molecule has 2 aliphatic carbocycles. The van der Waals surface area contributed by atoms with Crippen LogP contribution in [0.2, 0.25) is 0 Å². The third-order valence-corrected chi connectivity index (χ3v) is 15.1. The molecule has 2 heterocycles. The monoisotopic (exact) mass is 883 g/mol. The predicted molar refractivity (Wildman–Crippen MR) is 274 cm³/mol. The molecule has 5 heteroatoms. The first kappa shape index (κ1) is 50.8. The van der Waals surface area contributed by atoms with Crippen molar-refractivity contribution in [2.45, 2.75) is 245 Å². The van der Waals surface area contributed by atoms with Gasteiger partial charge in [0.05, 0.1) is 0 Å². The molecule has 2 aliphatic rings. The van der Waals surface area contributed by atoms with Gasteiger partial charge < -0.3 is 4.74 Å². The van der Waals surface area contributed by atoms with Crippen molar-refractivity contribution in [2.75, 3.05) is 0 Å². The molecule has 0 unspecified atom stereocenters. The summed E-state index contributed by atoms with van der Waals surface area (Å²) in [5.41, 5.74) is 8.34. The zero-order valence-electron chi connectivity index (χ0n) is 41.9. The van der Waals surface area contributed by atoms with Crippen LogP contribution in [0.4, 0.5) is 0 Å². The Bertz CT molecular complexity index is 1740. The minimum atomic E-state index is 0.478. The van der Waals surface area contributed by atoms with E-state index in [0.29, 0.717) is 23.7 Å². The summed E-state index contributed by atoms with van der Waals surface area (Å²) in [5, 5.41) is 0. The molecule has 0 bridgehead atoms. The number of benzene rings is 2. The number of ether oxygens (including phenoxy) is 1. The molecule has 0 aliphatic heterocycles. The smallest absolute Gasteiger partial charge is 0.131 e. The first-order chi connectivity index (χ1) is 32.0. The van der Waals surface area contributed by atoms with Crippen LogP contribution >= 0.6 is 0 Å².